The van der Waals surface area contributed by atoms with Gasteiger partial charge in [-0.05, 0) is 51.1 Å². The lowest BCUT2D eigenvalue weighted by atomic mass is 10.1. The van der Waals surface area contributed by atoms with Crippen molar-refractivity contribution < 1.29 is 0 Å². The molecule has 0 unspecified atom stereocenters. The van der Waals surface area contributed by atoms with E-state index < -0.39 is 0 Å². The van der Waals surface area contributed by atoms with E-state index in [9.17, 15) is 4.79 Å². The van der Waals surface area contributed by atoms with Crippen molar-refractivity contribution in [2.45, 2.75) is 26.8 Å². The van der Waals surface area contributed by atoms with Crippen LogP contribution in [0.5, 0.6) is 0 Å². The maximum atomic E-state index is 13.7. The number of halogens is 1. The number of aromatic nitrogens is 2. The van der Waals surface area contributed by atoms with E-state index in [-0.39, 0.29) is 5.56 Å². The molecule has 0 fully saturated rings. The molecule has 1 aromatic carbocycles. The second kappa shape index (κ2) is 7.26. The molecule has 0 amide bonds. The summed E-state index contributed by atoms with van der Waals surface area (Å²) in [4.78, 5) is 25.1. The summed E-state index contributed by atoms with van der Waals surface area (Å²) >= 11 is 7.88. The first kappa shape index (κ1) is 18.5. The Bertz CT molecular complexity index is 1050. The van der Waals surface area contributed by atoms with E-state index in [1.807, 2.05) is 24.3 Å². The lowest BCUT2D eigenvalue weighted by molar-refractivity contribution is 0.318. The van der Waals surface area contributed by atoms with E-state index in [2.05, 4.69) is 30.7 Å². The van der Waals surface area contributed by atoms with Crippen LogP contribution in [-0.4, -0.2) is 41.1 Å². The summed E-state index contributed by atoms with van der Waals surface area (Å²) in [5.74, 6) is 0.687. The smallest absolute Gasteiger partial charge is 0.268 e. The zero-order valence-corrected chi connectivity index (χ0v) is 17.4. The van der Waals surface area contributed by atoms with Gasteiger partial charge in [0.15, 0.2) is 0 Å². The average molecular weight is 403 g/mol. The van der Waals surface area contributed by atoms with E-state index in [4.69, 9.17) is 16.6 Å². The number of nitrogens with zero attached hydrogens (tertiary/aromatic N) is 4. The van der Waals surface area contributed by atoms with Crippen molar-refractivity contribution in [1.82, 2.24) is 14.5 Å². The second-order valence-corrected chi connectivity index (χ2v) is 8.40. The largest absolute Gasteiger partial charge is 0.342 e. The fourth-order valence-electron chi connectivity index (χ4n) is 3.73. The van der Waals surface area contributed by atoms with Gasteiger partial charge in [-0.15, -0.1) is 11.3 Å². The Morgan fingerprint density at radius 2 is 2.07 bits per heavy atom. The molecule has 0 atom stereocenters. The van der Waals surface area contributed by atoms with Gasteiger partial charge in [0, 0.05) is 36.1 Å². The van der Waals surface area contributed by atoms with E-state index in [0.29, 0.717) is 11.0 Å². The van der Waals surface area contributed by atoms with Crippen LogP contribution >= 0.6 is 22.9 Å². The van der Waals surface area contributed by atoms with Crippen molar-refractivity contribution >= 4 is 39.1 Å². The lowest BCUT2D eigenvalue weighted by Crippen LogP contribution is -2.32. The predicted octanol–water partition coefficient (Wildman–Crippen LogP) is 3.93. The second-order valence-electron chi connectivity index (χ2n) is 6.88. The van der Waals surface area contributed by atoms with Crippen molar-refractivity contribution in [1.29, 1.82) is 0 Å². The number of fused-ring (bicyclic) bond motifs is 3. The molecule has 0 aliphatic carbocycles. The maximum absolute atomic E-state index is 13.7. The van der Waals surface area contributed by atoms with Gasteiger partial charge in [-0.25, -0.2) is 9.55 Å². The molecule has 142 valence electrons. The fraction of sp³-hybridized carbons (Fsp3) is 0.400. The molecule has 3 heterocycles. The number of hydrogen-bond acceptors (Lipinski definition) is 5. The van der Waals surface area contributed by atoms with Gasteiger partial charge in [-0.1, -0.05) is 17.7 Å². The Labute approximate surface area is 167 Å². The molecule has 3 aromatic rings. The first-order valence-corrected chi connectivity index (χ1v) is 10.5. The van der Waals surface area contributed by atoms with Crippen LogP contribution in [0.15, 0.2) is 29.1 Å². The number of rotatable bonds is 4. The molecule has 1 aliphatic heterocycles. The van der Waals surface area contributed by atoms with Crippen LogP contribution < -0.4 is 10.5 Å². The molecule has 5 nitrogen and oxygen atoms in total. The molecule has 0 radical (unpaired) electrons. The molecule has 0 saturated heterocycles. The van der Waals surface area contributed by atoms with Gasteiger partial charge in [-0.2, -0.15) is 0 Å². The summed E-state index contributed by atoms with van der Waals surface area (Å²) in [5.41, 5.74) is 1.94. The van der Waals surface area contributed by atoms with Crippen molar-refractivity contribution in [2.24, 2.45) is 0 Å². The van der Waals surface area contributed by atoms with Gasteiger partial charge in [-0.3, -0.25) is 4.79 Å². The Balaban J connectivity index is 2.05. The summed E-state index contributed by atoms with van der Waals surface area (Å²) in [6.45, 7) is 7.57. The van der Waals surface area contributed by atoms with Crippen molar-refractivity contribution in [3.05, 3.63) is 50.1 Å². The zero-order valence-electron chi connectivity index (χ0n) is 15.8. The van der Waals surface area contributed by atoms with Crippen LogP contribution in [0.1, 0.15) is 24.3 Å². The molecule has 0 N–H and O–H groups in total. The molecule has 4 rings (SSSR count). The molecule has 0 saturated carbocycles. The minimum absolute atomic E-state index is 0.00576. The van der Waals surface area contributed by atoms with Crippen molar-refractivity contribution in [3.63, 3.8) is 0 Å². The minimum atomic E-state index is 0.00576. The molecule has 0 spiro atoms. The van der Waals surface area contributed by atoms with Crippen LogP contribution in [-0.2, 0) is 13.0 Å². The molecule has 27 heavy (non-hydrogen) atoms. The van der Waals surface area contributed by atoms with Crippen molar-refractivity contribution in [2.75, 3.05) is 31.6 Å². The normalized spacial score (nSPS) is 14.5. The van der Waals surface area contributed by atoms with Gasteiger partial charge in [0.05, 0.1) is 11.1 Å². The maximum Gasteiger partial charge on any atom is 0.268 e. The van der Waals surface area contributed by atoms with Crippen molar-refractivity contribution in [3.8, 4) is 5.69 Å². The number of benzene rings is 1. The third-order valence-corrected chi connectivity index (χ3v) is 6.51. The van der Waals surface area contributed by atoms with Crippen LogP contribution in [0.25, 0.3) is 15.9 Å². The fourth-order valence-corrected chi connectivity index (χ4v) is 5.20. The summed E-state index contributed by atoms with van der Waals surface area (Å²) in [6, 6.07) is 7.44. The van der Waals surface area contributed by atoms with Gasteiger partial charge < -0.3 is 9.80 Å². The predicted molar refractivity (Wildman–Crippen MR) is 114 cm³/mol. The molecule has 1 aliphatic rings. The molecular weight excluding hydrogens is 380 g/mol. The standard InChI is InChI=1S/C20H23ClN4OS/c1-4-24(5-2)20-22-18-17(15-9-10-23(3)12-16(15)27-18)19(26)25(20)14-8-6-7-13(21)11-14/h6-8,11H,4-5,9-10,12H2,1-3H3. The minimum Gasteiger partial charge on any atom is -0.342 e. The molecule has 2 aromatic heterocycles. The Morgan fingerprint density at radius 3 is 2.78 bits per heavy atom. The average Bonchev–Trinajstić information content (AvgIpc) is 3.00. The van der Waals surface area contributed by atoms with E-state index in [1.54, 1.807) is 15.9 Å². The van der Waals surface area contributed by atoms with Gasteiger partial charge in [0.2, 0.25) is 5.95 Å². The van der Waals surface area contributed by atoms with Gasteiger partial charge in [0.25, 0.3) is 5.56 Å². The monoisotopic (exact) mass is 402 g/mol. The van der Waals surface area contributed by atoms with E-state index >= 15 is 0 Å². The summed E-state index contributed by atoms with van der Waals surface area (Å²) in [6.07, 6.45) is 0.892. The number of anilines is 1. The SMILES string of the molecule is CCN(CC)c1nc2sc3c(c2c(=O)n1-c1cccc(Cl)c1)CCN(C)C3. The molecular formula is C20H23ClN4OS. The Hall–Kier alpha value is -1.89. The number of thiophene rings is 1. The first-order valence-electron chi connectivity index (χ1n) is 9.30. The molecule has 0 bridgehead atoms. The summed E-state index contributed by atoms with van der Waals surface area (Å²) < 4.78 is 1.73. The van der Waals surface area contributed by atoms with E-state index in [1.165, 1.54) is 10.4 Å². The highest BCUT2D eigenvalue weighted by Gasteiger charge is 2.25. The van der Waals surface area contributed by atoms with Gasteiger partial charge >= 0.3 is 0 Å². The van der Waals surface area contributed by atoms with E-state index in [0.717, 1.165) is 48.5 Å². The highest BCUT2D eigenvalue weighted by molar-refractivity contribution is 7.18. The van der Waals surface area contributed by atoms with Crippen LogP contribution in [0.3, 0.4) is 0 Å². The highest BCUT2D eigenvalue weighted by atomic mass is 35.5. The quantitative estimate of drug-likeness (QED) is 0.663. The summed E-state index contributed by atoms with van der Waals surface area (Å²) in [5, 5.41) is 1.39. The number of likely N-dealkylation sites (N-methyl/N-ethyl adjacent to an activating group) is 1. The van der Waals surface area contributed by atoms with Crippen LogP contribution in [0, 0.1) is 0 Å². The third kappa shape index (κ3) is 3.16. The Kier molecular flexibility index (Phi) is 4.97. The third-order valence-electron chi connectivity index (χ3n) is 5.16. The Morgan fingerprint density at radius 1 is 1.30 bits per heavy atom. The zero-order chi connectivity index (χ0) is 19.1. The first-order chi connectivity index (χ1) is 13.0. The highest BCUT2D eigenvalue weighted by Crippen LogP contribution is 2.34. The van der Waals surface area contributed by atoms with Gasteiger partial charge in [0.1, 0.15) is 4.83 Å². The van der Waals surface area contributed by atoms with Crippen LogP contribution in [0.2, 0.25) is 5.02 Å². The number of hydrogen-bond donors (Lipinski definition) is 0. The summed E-state index contributed by atoms with van der Waals surface area (Å²) in [7, 11) is 2.12. The molecule has 7 heteroatoms. The lowest BCUT2D eigenvalue weighted by Gasteiger charge is -2.24. The van der Waals surface area contributed by atoms with Crippen LogP contribution in [0.4, 0.5) is 5.95 Å². The topological polar surface area (TPSA) is 41.4 Å².